The maximum absolute atomic E-state index is 10.4. The van der Waals surface area contributed by atoms with Crippen molar-refractivity contribution in [2.75, 3.05) is 0 Å². The summed E-state index contributed by atoms with van der Waals surface area (Å²) in [5.41, 5.74) is 1.02. The second kappa shape index (κ2) is 22.9. The van der Waals surface area contributed by atoms with Crippen molar-refractivity contribution >= 4 is 30.1 Å². The minimum absolute atomic E-state index is 0. The molecule has 3 fully saturated rings. The molecular formula is C42H43FeO7P+. The number of aliphatic hydroxyl groups is 1. The summed E-state index contributed by atoms with van der Waals surface area (Å²) in [6.07, 6.45) is 9.29. The van der Waals surface area contributed by atoms with Crippen LogP contribution < -0.4 is 15.9 Å². The van der Waals surface area contributed by atoms with E-state index in [1.807, 2.05) is 76.3 Å². The molecular weight excluding hydrogens is 703 g/mol. The zero-order valence-corrected chi connectivity index (χ0v) is 30.6. The third-order valence-corrected chi connectivity index (χ3v) is 10.3. The first-order valence-corrected chi connectivity index (χ1v) is 17.8. The quantitative estimate of drug-likeness (QED) is 0.0910. The van der Waals surface area contributed by atoms with Crippen LogP contribution in [0, 0.1) is 38.8 Å². The van der Waals surface area contributed by atoms with Crippen LogP contribution in [0.2, 0.25) is 0 Å². The van der Waals surface area contributed by atoms with E-state index in [-0.39, 0.29) is 29.9 Å². The Hall–Kier alpha value is -2.96. The summed E-state index contributed by atoms with van der Waals surface area (Å²) in [7, 11) is -0.446. The molecule has 0 bridgehead atoms. The van der Waals surface area contributed by atoms with Gasteiger partial charge in [-0.1, -0.05) is 121 Å². The second-order valence-electron chi connectivity index (χ2n) is 11.9. The smallest absolute Gasteiger partial charge is 0.0622 e. The van der Waals surface area contributed by atoms with Gasteiger partial charge in [0.25, 0.3) is 0 Å². The third-order valence-electron chi connectivity index (χ3n) is 7.83. The molecule has 0 unspecified atom stereocenters. The van der Waals surface area contributed by atoms with Crippen LogP contribution in [0.1, 0.15) is 32.3 Å². The maximum Gasteiger partial charge on any atom is 2.00 e. The van der Waals surface area contributed by atoms with Gasteiger partial charge in [0.05, 0.1) is 12.7 Å². The number of fused-ring (bicyclic) bond motifs is 1. The molecule has 0 spiro atoms. The van der Waals surface area contributed by atoms with Gasteiger partial charge in [-0.25, -0.2) is 0 Å². The number of hydrogen-bond donors (Lipinski definition) is 1. The normalized spacial score (nSPS) is 21.6. The number of carbonyl (C=O) groups excluding carboxylic acids is 1. The van der Waals surface area contributed by atoms with Crippen molar-refractivity contribution in [3.63, 3.8) is 0 Å². The first-order valence-electron chi connectivity index (χ1n) is 16.5. The molecule has 0 amide bonds. The van der Waals surface area contributed by atoms with Crippen LogP contribution >= 0.6 is 7.92 Å². The van der Waals surface area contributed by atoms with E-state index >= 15 is 0 Å². The molecule has 3 aliphatic rings. The second-order valence-corrected chi connectivity index (χ2v) is 14.1. The molecule has 5 radical (unpaired) electrons. The number of hydrogen-bond acceptors (Lipinski definition) is 6. The van der Waals surface area contributed by atoms with E-state index in [2.05, 4.69) is 97.6 Å². The van der Waals surface area contributed by atoms with Crippen LogP contribution in [0.5, 0.6) is 0 Å². The van der Waals surface area contributed by atoms with Gasteiger partial charge in [-0.05, 0) is 81.8 Å². The Morgan fingerprint density at radius 2 is 1.20 bits per heavy atom. The standard InChI is InChI=1S/C18H23O6.C18H15P.C5H5.CO.Fe/c1-18(2)23-16-15(21-11-12-7-4-3-5-8-12)14(22-17(16)24-18)13(20)9-6-10-19;1-4-10-16(11-5-1)19(17-12-6-2-7-13-17)18-14-8-3-9-15-18;1-2-4-5-3-1;1-2;/h3-5,7-8,13-17,20H,6,9,11H2,1-2H3;1-15H;1-5H;;/q-1;;;;+2/t13-,14-,15-,16-,17-;;;;/m1..../s1. The summed E-state index contributed by atoms with van der Waals surface area (Å²) in [6.45, 7) is 8.51. The van der Waals surface area contributed by atoms with E-state index in [1.165, 1.54) is 15.9 Å². The molecule has 265 valence electrons. The van der Waals surface area contributed by atoms with Crippen LogP contribution in [0.15, 0.2) is 121 Å². The summed E-state index contributed by atoms with van der Waals surface area (Å²) in [5.74, 6) is -0.754. The summed E-state index contributed by atoms with van der Waals surface area (Å²) < 4.78 is 31.0. The number of ether oxygens (including phenoxy) is 4. The van der Waals surface area contributed by atoms with Gasteiger partial charge in [-0.2, -0.15) is 0 Å². The van der Waals surface area contributed by atoms with Crippen LogP contribution in [0.3, 0.4) is 0 Å². The average molecular weight is 747 g/mol. The molecule has 2 saturated heterocycles. The number of benzene rings is 4. The minimum Gasteiger partial charge on any atom is -0.0622 e. The summed E-state index contributed by atoms with van der Waals surface area (Å²) in [5, 5.41) is 14.5. The summed E-state index contributed by atoms with van der Waals surface area (Å²) in [4.78, 5) is 10.4. The van der Waals surface area contributed by atoms with Crippen molar-refractivity contribution in [1.29, 1.82) is 0 Å². The Morgan fingerprint density at radius 3 is 1.63 bits per heavy atom. The van der Waals surface area contributed by atoms with Crippen molar-refractivity contribution < 1.29 is 50.6 Å². The van der Waals surface area contributed by atoms with Crippen molar-refractivity contribution in [2.24, 2.45) is 0 Å². The van der Waals surface area contributed by atoms with E-state index in [0.29, 0.717) is 6.61 Å². The fourth-order valence-electron chi connectivity index (χ4n) is 5.64. The molecule has 1 N–H and O–H groups in total. The van der Waals surface area contributed by atoms with E-state index in [1.54, 1.807) is 6.29 Å². The molecule has 4 aromatic rings. The fourth-order valence-corrected chi connectivity index (χ4v) is 7.95. The predicted octanol–water partition coefficient (Wildman–Crippen LogP) is 6.13. The monoisotopic (exact) mass is 746 g/mol. The Kier molecular flexibility index (Phi) is 19.0. The third kappa shape index (κ3) is 13.2. The van der Waals surface area contributed by atoms with Gasteiger partial charge in [0, 0.05) is 0 Å². The van der Waals surface area contributed by atoms with Crippen LogP contribution in [0.4, 0.5) is 0 Å². The van der Waals surface area contributed by atoms with Gasteiger partial charge in [0.15, 0.2) is 12.1 Å². The van der Waals surface area contributed by atoms with Gasteiger partial charge >= 0.3 is 28.4 Å². The molecule has 7 rings (SSSR count). The molecule has 0 aromatic heterocycles. The van der Waals surface area contributed by atoms with Gasteiger partial charge in [0.2, 0.25) is 0 Å². The van der Waals surface area contributed by atoms with Crippen molar-refractivity contribution in [3.05, 3.63) is 166 Å². The fraction of sp³-hybridized carbons (Fsp3) is 0.262. The topological polar surface area (TPSA) is 94.1 Å². The Balaban J connectivity index is 0.000000232. The summed E-state index contributed by atoms with van der Waals surface area (Å²) in [6, 6.07) is 42.1. The molecule has 5 atom stereocenters. The zero-order valence-electron chi connectivity index (χ0n) is 28.6. The maximum atomic E-state index is 10.4. The summed E-state index contributed by atoms with van der Waals surface area (Å²) >= 11 is 0. The Morgan fingerprint density at radius 1 is 0.765 bits per heavy atom. The molecule has 7 nitrogen and oxygen atoms in total. The average Bonchev–Trinajstić information content (AvgIpc) is 3.91. The van der Waals surface area contributed by atoms with E-state index in [9.17, 15) is 9.90 Å². The van der Waals surface area contributed by atoms with Crippen molar-refractivity contribution in [3.8, 4) is 0 Å². The molecule has 51 heavy (non-hydrogen) atoms. The van der Waals surface area contributed by atoms with Gasteiger partial charge in [0.1, 0.15) is 18.3 Å². The largest absolute Gasteiger partial charge is 2.00 e. The van der Waals surface area contributed by atoms with E-state index in [0.717, 1.165) is 5.56 Å². The van der Waals surface area contributed by atoms with Gasteiger partial charge in [-0.3, -0.25) is 6.29 Å². The molecule has 1 aliphatic carbocycles. The molecule has 4 aromatic carbocycles. The first kappa shape index (κ1) is 42.5. The Bertz CT molecular complexity index is 1420. The zero-order chi connectivity index (χ0) is 35.6. The predicted molar refractivity (Wildman–Crippen MR) is 195 cm³/mol. The van der Waals surface area contributed by atoms with Crippen LogP contribution in [-0.4, -0.2) is 47.9 Å². The van der Waals surface area contributed by atoms with Crippen molar-refractivity contribution in [1.82, 2.24) is 0 Å². The van der Waals surface area contributed by atoms with Gasteiger partial charge < -0.3 is 28.8 Å². The number of rotatable bonds is 10. The first-order chi connectivity index (χ1) is 24.4. The number of aliphatic hydroxyl groups excluding tert-OH is 1. The van der Waals surface area contributed by atoms with E-state index < -0.39 is 44.4 Å². The minimum atomic E-state index is -0.840. The SMILES string of the molecule is CC1(C)O[C@H]2O[C@H]([C@H](O)CC[C-]=O)[C@@H](OCc3ccccc3)[C@H]2O1.[C-]#[O+].[CH]1[CH][CH][CH][CH]1.[Fe+2].c1ccc(P(c2ccccc2)c2ccccc2)cc1. The van der Waals surface area contributed by atoms with E-state index in [4.69, 9.17) is 23.6 Å². The van der Waals surface area contributed by atoms with Crippen molar-refractivity contribution in [2.45, 2.75) is 69.8 Å². The molecule has 2 heterocycles. The molecule has 1 saturated carbocycles. The molecule has 2 aliphatic heterocycles. The van der Waals surface area contributed by atoms with Crippen LogP contribution in [-0.2, 0) is 52.1 Å². The molecule has 9 heteroatoms. The van der Waals surface area contributed by atoms with Gasteiger partial charge in [-0.15, -0.1) is 6.42 Å². The van der Waals surface area contributed by atoms with Crippen LogP contribution in [0.25, 0.3) is 0 Å². The Labute approximate surface area is 315 Å².